The van der Waals surface area contributed by atoms with Gasteiger partial charge >= 0.3 is 11.9 Å². The summed E-state index contributed by atoms with van der Waals surface area (Å²) in [7, 11) is 0. The van der Waals surface area contributed by atoms with Crippen molar-refractivity contribution in [1.82, 2.24) is 0 Å². The van der Waals surface area contributed by atoms with Crippen LogP contribution in [0.2, 0.25) is 0 Å². The van der Waals surface area contributed by atoms with Gasteiger partial charge < -0.3 is 14.9 Å². The second-order valence-corrected chi connectivity index (χ2v) is 4.31. The lowest BCUT2D eigenvalue weighted by Crippen LogP contribution is -2.20. The van der Waals surface area contributed by atoms with E-state index in [0.29, 0.717) is 0 Å². The molecular weight excluding hydrogens is 260 g/mol. The number of ether oxygens (including phenoxy) is 1. The van der Waals surface area contributed by atoms with Crippen molar-refractivity contribution in [1.29, 1.82) is 0 Å². The van der Waals surface area contributed by atoms with Gasteiger partial charge in [0.1, 0.15) is 6.10 Å². The summed E-state index contributed by atoms with van der Waals surface area (Å²) in [6.07, 6.45) is -2.20. The van der Waals surface area contributed by atoms with Crippen LogP contribution in [0.1, 0.15) is 38.8 Å². The highest BCUT2D eigenvalue weighted by Gasteiger charge is 2.35. The average molecular weight is 271 g/mol. The monoisotopic (exact) mass is 270 g/mol. The first-order valence-electron chi connectivity index (χ1n) is 5.37. The van der Waals surface area contributed by atoms with Crippen LogP contribution in [0.25, 0.3) is 0 Å². The first kappa shape index (κ1) is 13.0. The second-order valence-electron chi connectivity index (χ2n) is 3.94. The third-order valence-corrected chi connectivity index (χ3v) is 3.01. The summed E-state index contributed by atoms with van der Waals surface area (Å²) in [5, 5.41) is 19.6. The van der Waals surface area contributed by atoms with E-state index in [9.17, 15) is 19.8 Å². The number of hydrogen-bond donors (Lipinski definition) is 2. The number of esters is 2. The maximum atomic E-state index is 11.5. The predicted molar refractivity (Wildman–Crippen MR) is 62.5 cm³/mol. The third kappa shape index (κ3) is 2.12. The van der Waals surface area contributed by atoms with E-state index in [1.807, 2.05) is 0 Å². The molecule has 1 aromatic carbocycles. The number of carbonyl (C=O) groups is 2. The van der Waals surface area contributed by atoms with Crippen LogP contribution in [0.4, 0.5) is 0 Å². The fourth-order valence-corrected chi connectivity index (χ4v) is 2.11. The summed E-state index contributed by atoms with van der Waals surface area (Å²) in [5.74, 6) is -1.37. The Morgan fingerprint density at radius 2 is 1.94 bits per heavy atom. The van der Waals surface area contributed by atoms with Crippen LogP contribution in [-0.2, 0) is 4.74 Å². The van der Waals surface area contributed by atoms with Crippen LogP contribution < -0.4 is 0 Å². The molecule has 0 amide bonds. The molecule has 1 heterocycles. The molecule has 0 saturated carbocycles. The van der Waals surface area contributed by atoms with Gasteiger partial charge in [-0.25, -0.2) is 9.59 Å². The number of alkyl halides is 1. The summed E-state index contributed by atoms with van der Waals surface area (Å²) in [6.45, 7) is 0. The first-order valence-corrected chi connectivity index (χ1v) is 5.91. The Balaban J connectivity index is 2.41. The Bertz CT molecular complexity index is 499. The van der Waals surface area contributed by atoms with Gasteiger partial charge in [0.2, 0.25) is 0 Å². The van der Waals surface area contributed by atoms with Crippen molar-refractivity contribution in [3.05, 3.63) is 34.9 Å². The van der Waals surface area contributed by atoms with Gasteiger partial charge in [0.05, 0.1) is 17.2 Å². The average Bonchev–Trinajstić information content (AvgIpc) is 2.65. The van der Waals surface area contributed by atoms with Gasteiger partial charge in [-0.15, -0.1) is 11.6 Å². The number of benzene rings is 1. The zero-order valence-electron chi connectivity index (χ0n) is 9.30. The molecule has 2 unspecified atom stereocenters. The number of aliphatic hydroxyl groups excluding tert-OH is 2. The highest BCUT2D eigenvalue weighted by atomic mass is 35.5. The molecule has 2 rings (SSSR count). The molecule has 1 aliphatic heterocycles. The fraction of sp³-hybridized carbons (Fsp3) is 0.333. The Kier molecular flexibility index (Phi) is 3.65. The van der Waals surface area contributed by atoms with Crippen LogP contribution in [0.5, 0.6) is 0 Å². The summed E-state index contributed by atoms with van der Waals surface area (Å²) < 4.78 is 4.47. The molecule has 0 aliphatic carbocycles. The minimum Gasteiger partial charge on any atom is -0.390 e. The highest BCUT2D eigenvalue weighted by Crippen LogP contribution is 2.30. The van der Waals surface area contributed by atoms with Crippen LogP contribution in [0, 0.1) is 0 Å². The van der Waals surface area contributed by atoms with Crippen LogP contribution in [0.3, 0.4) is 0 Å². The van der Waals surface area contributed by atoms with E-state index in [1.54, 1.807) is 0 Å². The van der Waals surface area contributed by atoms with Gasteiger partial charge in [0.25, 0.3) is 0 Å². The Labute approximate surface area is 108 Å². The van der Waals surface area contributed by atoms with Gasteiger partial charge in [0.15, 0.2) is 0 Å². The number of rotatable bonds is 4. The molecule has 2 N–H and O–H groups in total. The van der Waals surface area contributed by atoms with Crippen molar-refractivity contribution >= 4 is 23.5 Å². The fourth-order valence-electron chi connectivity index (χ4n) is 1.88. The molecule has 1 aliphatic rings. The molecule has 0 saturated heterocycles. The van der Waals surface area contributed by atoms with E-state index >= 15 is 0 Å². The molecule has 18 heavy (non-hydrogen) atoms. The molecule has 6 heteroatoms. The summed E-state index contributed by atoms with van der Waals surface area (Å²) in [6, 6.07) is 4.43. The number of halogens is 1. The van der Waals surface area contributed by atoms with E-state index in [2.05, 4.69) is 4.74 Å². The Morgan fingerprint density at radius 1 is 1.22 bits per heavy atom. The molecule has 0 radical (unpaired) electrons. The molecule has 0 fully saturated rings. The second kappa shape index (κ2) is 5.06. The van der Waals surface area contributed by atoms with Crippen molar-refractivity contribution in [3.8, 4) is 0 Å². The van der Waals surface area contributed by atoms with Gasteiger partial charge in [0, 0.05) is 5.88 Å². The normalized spacial score (nSPS) is 17.3. The summed E-state index contributed by atoms with van der Waals surface area (Å²) in [4.78, 5) is 22.9. The lowest BCUT2D eigenvalue weighted by atomic mass is 9.95. The molecule has 96 valence electrons. The van der Waals surface area contributed by atoms with Crippen LogP contribution >= 0.6 is 11.6 Å². The molecule has 5 nitrogen and oxygen atoms in total. The van der Waals surface area contributed by atoms with Gasteiger partial charge in [-0.2, -0.15) is 0 Å². The quantitative estimate of drug-likeness (QED) is 0.485. The van der Waals surface area contributed by atoms with Gasteiger partial charge in [-0.1, -0.05) is 12.1 Å². The number of aliphatic hydroxyl groups is 2. The topological polar surface area (TPSA) is 83.8 Å². The maximum Gasteiger partial charge on any atom is 0.347 e. The van der Waals surface area contributed by atoms with Crippen molar-refractivity contribution in [3.63, 3.8) is 0 Å². The summed E-state index contributed by atoms with van der Waals surface area (Å²) >= 11 is 5.48. The van der Waals surface area contributed by atoms with Gasteiger partial charge in [-0.05, 0) is 18.1 Å². The molecule has 0 aromatic heterocycles. The zero-order valence-corrected chi connectivity index (χ0v) is 10.1. The van der Waals surface area contributed by atoms with E-state index < -0.39 is 24.1 Å². The Hall–Kier alpha value is -1.43. The predicted octanol–water partition coefficient (Wildman–Crippen LogP) is 1.02. The highest BCUT2D eigenvalue weighted by molar-refractivity contribution is 6.17. The lowest BCUT2D eigenvalue weighted by Gasteiger charge is -2.18. The minimum atomic E-state index is -1.28. The molecule has 0 bridgehead atoms. The van der Waals surface area contributed by atoms with Crippen molar-refractivity contribution in [2.75, 3.05) is 5.88 Å². The smallest absolute Gasteiger partial charge is 0.347 e. The van der Waals surface area contributed by atoms with Gasteiger partial charge in [-0.3, -0.25) is 0 Å². The Morgan fingerprint density at radius 3 is 2.61 bits per heavy atom. The molecule has 2 atom stereocenters. The zero-order chi connectivity index (χ0) is 13.3. The standard InChI is InChI=1S/C12H11ClO5/c13-5-4-8(14)10(15)6-2-1-3-7-9(6)12(17)18-11(7)16/h1-3,8,10,14-15H,4-5H2. The molecule has 0 spiro atoms. The lowest BCUT2D eigenvalue weighted by molar-refractivity contribution is 0.0161. The van der Waals surface area contributed by atoms with Crippen LogP contribution in [-0.4, -0.2) is 34.1 Å². The maximum absolute atomic E-state index is 11.5. The van der Waals surface area contributed by atoms with E-state index in [0.717, 1.165) is 0 Å². The van der Waals surface area contributed by atoms with E-state index in [-0.39, 0.29) is 29.0 Å². The minimum absolute atomic E-state index is 0.0172. The van der Waals surface area contributed by atoms with E-state index in [1.165, 1.54) is 18.2 Å². The molecular formula is C12H11ClO5. The number of fused-ring (bicyclic) bond motifs is 1. The van der Waals surface area contributed by atoms with Crippen molar-refractivity contribution in [2.45, 2.75) is 18.6 Å². The van der Waals surface area contributed by atoms with Crippen molar-refractivity contribution in [2.24, 2.45) is 0 Å². The van der Waals surface area contributed by atoms with E-state index in [4.69, 9.17) is 11.6 Å². The summed E-state index contributed by atoms with van der Waals surface area (Å²) in [5.41, 5.74) is 0.305. The van der Waals surface area contributed by atoms with Crippen LogP contribution in [0.15, 0.2) is 18.2 Å². The SMILES string of the molecule is O=C1OC(=O)c2c1cccc2C(O)C(O)CCCl. The van der Waals surface area contributed by atoms with Crippen molar-refractivity contribution < 1.29 is 24.5 Å². The number of hydrogen-bond acceptors (Lipinski definition) is 5. The third-order valence-electron chi connectivity index (χ3n) is 2.79. The first-order chi connectivity index (χ1) is 8.56. The largest absolute Gasteiger partial charge is 0.390 e. The molecule has 1 aromatic rings. The number of carbonyl (C=O) groups excluding carboxylic acids is 2. The number of cyclic esters (lactones) is 2.